The first kappa shape index (κ1) is 12.7. The Morgan fingerprint density at radius 3 is 2.94 bits per heavy atom. The second-order valence-corrected chi connectivity index (χ2v) is 7.01. The molecule has 2 aromatic heterocycles. The predicted molar refractivity (Wildman–Crippen MR) is 69.4 cm³/mol. The van der Waals surface area contributed by atoms with Gasteiger partial charge in [-0.3, -0.25) is 0 Å². The number of hydrogen-bond donors (Lipinski definition) is 0. The van der Waals surface area contributed by atoms with Gasteiger partial charge in [0.25, 0.3) is 0 Å². The summed E-state index contributed by atoms with van der Waals surface area (Å²) >= 11 is 7.05. The van der Waals surface area contributed by atoms with Gasteiger partial charge in [-0.15, -0.1) is 22.9 Å². The highest BCUT2D eigenvalue weighted by Gasteiger charge is 2.22. The van der Waals surface area contributed by atoms with Crippen LogP contribution in [0.5, 0.6) is 0 Å². The van der Waals surface area contributed by atoms with Crippen LogP contribution in [0.1, 0.15) is 6.92 Å². The van der Waals surface area contributed by atoms with E-state index in [1.807, 2.05) is 5.38 Å². The molecule has 0 aliphatic heterocycles. The second-order valence-electron chi connectivity index (χ2n) is 3.86. The molecule has 0 bridgehead atoms. The van der Waals surface area contributed by atoms with Crippen molar-refractivity contribution >= 4 is 43.0 Å². The molecule has 0 aliphatic carbocycles. The van der Waals surface area contributed by atoms with Crippen LogP contribution in [0, 0.1) is 5.92 Å². The van der Waals surface area contributed by atoms with E-state index in [9.17, 15) is 8.42 Å². The SMILES string of the molecule is CC(CCl)CS(=O)(=O)c1ncnc2sccc12. The lowest BCUT2D eigenvalue weighted by atomic mass is 10.3. The molecule has 0 saturated carbocycles. The summed E-state index contributed by atoms with van der Waals surface area (Å²) < 4.78 is 24.3. The van der Waals surface area contributed by atoms with Crippen molar-refractivity contribution in [2.45, 2.75) is 11.9 Å². The minimum absolute atomic E-state index is 0.0124. The van der Waals surface area contributed by atoms with Gasteiger partial charge in [0.2, 0.25) is 0 Å². The van der Waals surface area contributed by atoms with Crippen LogP contribution in [0.25, 0.3) is 10.2 Å². The van der Waals surface area contributed by atoms with E-state index in [4.69, 9.17) is 11.6 Å². The van der Waals surface area contributed by atoms with Crippen molar-refractivity contribution in [1.29, 1.82) is 0 Å². The summed E-state index contributed by atoms with van der Waals surface area (Å²) in [6.07, 6.45) is 1.29. The van der Waals surface area contributed by atoms with Crippen LogP contribution in [-0.2, 0) is 9.84 Å². The average Bonchev–Trinajstić information content (AvgIpc) is 2.75. The van der Waals surface area contributed by atoms with E-state index in [2.05, 4.69) is 9.97 Å². The summed E-state index contributed by atoms with van der Waals surface area (Å²) in [5.41, 5.74) is 0. The monoisotopic (exact) mass is 290 g/mol. The molecule has 2 rings (SSSR count). The third-order valence-corrected chi connectivity index (χ3v) is 5.56. The first-order chi connectivity index (χ1) is 8.04. The van der Waals surface area contributed by atoms with Gasteiger partial charge in [-0.05, 0) is 17.4 Å². The molecule has 0 amide bonds. The van der Waals surface area contributed by atoms with Crippen LogP contribution in [0.15, 0.2) is 22.8 Å². The van der Waals surface area contributed by atoms with E-state index in [1.54, 1.807) is 13.0 Å². The second kappa shape index (κ2) is 4.88. The van der Waals surface area contributed by atoms with Crippen molar-refractivity contribution in [2.24, 2.45) is 5.92 Å². The largest absolute Gasteiger partial charge is 0.225 e. The normalized spacial score (nSPS) is 14.0. The maximum atomic E-state index is 12.2. The summed E-state index contributed by atoms with van der Waals surface area (Å²) in [6, 6.07) is 1.73. The van der Waals surface area contributed by atoms with Crippen molar-refractivity contribution in [3.63, 3.8) is 0 Å². The molecule has 7 heteroatoms. The number of sulfone groups is 1. The maximum absolute atomic E-state index is 12.2. The van der Waals surface area contributed by atoms with E-state index >= 15 is 0 Å². The molecule has 92 valence electrons. The van der Waals surface area contributed by atoms with E-state index in [0.29, 0.717) is 16.1 Å². The van der Waals surface area contributed by atoms with Gasteiger partial charge in [-0.2, -0.15) is 0 Å². The Kier molecular flexibility index (Phi) is 3.65. The third kappa shape index (κ3) is 2.59. The standard InChI is InChI=1S/C10H11ClN2O2S2/c1-7(4-11)5-17(14,15)10-8-2-3-16-9(8)12-6-13-10/h2-3,6-7H,4-5H2,1H3. The summed E-state index contributed by atoms with van der Waals surface area (Å²) in [6.45, 7) is 1.80. The molecule has 4 nitrogen and oxygen atoms in total. The Morgan fingerprint density at radius 1 is 1.47 bits per heavy atom. The Morgan fingerprint density at radius 2 is 2.24 bits per heavy atom. The average molecular weight is 291 g/mol. The van der Waals surface area contributed by atoms with Crippen molar-refractivity contribution < 1.29 is 8.42 Å². The molecule has 0 fully saturated rings. The zero-order chi connectivity index (χ0) is 12.5. The van der Waals surface area contributed by atoms with Gasteiger partial charge in [0, 0.05) is 11.3 Å². The lowest BCUT2D eigenvalue weighted by Gasteiger charge is -2.08. The smallest absolute Gasteiger partial charge is 0.196 e. The van der Waals surface area contributed by atoms with Crippen molar-refractivity contribution in [1.82, 2.24) is 9.97 Å². The molecule has 17 heavy (non-hydrogen) atoms. The zero-order valence-corrected chi connectivity index (χ0v) is 11.5. The maximum Gasteiger partial charge on any atom is 0.196 e. The highest BCUT2D eigenvalue weighted by Crippen LogP contribution is 2.25. The number of nitrogens with zero attached hydrogens (tertiary/aromatic N) is 2. The van der Waals surface area contributed by atoms with Crippen molar-refractivity contribution in [2.75, 3.05) is 11.6 Å². The summed E-state index contributed by atoms with van der Waals surface area (Å²) in [5.74, 6) is 0.237. The summed E-state index contributed by atoms with van der Waals surface area (Å²) in [4.78, 5) is 8.63. The van der Waals surface area contributed by atoms with Crippen LogP contribution >= 0.6 is 22.9 Å². The van der Waals surface area contributed by atoms with Gasteiger partial charge in [-0.25, -0.2) is 18.4 Å². The number of rotatable bonds is 4. The van der Waals surface area contributed by atoms with Crippen LogP contribution in [0.2, 0.25) is 0 Å². The third-order valence-electron chi connectivity index (χ3n) is 2.29. The Labute approximate surface area is 109 Å². The molecule has 1 atom stereocenters. The van der Waals surface area contributed by atoms with Gasteiger partial charge in [0.05, 0.1) is 5.75 Å². The van der Waals surface area contributed by atoms with Crippen LogP contribution < -0.4 is 0 Å². The quantitative estimate of drug-likeness (QED) is 0.640. The van der Waals surface area contributed by atoms with Crippen LogP contribution in [-0.4, -0.2) is 30.0 Å². The van der Waals surface area contributed by atoms with E-state index in [0.717, 1.165) is 0 Å². The molecule has 2 heterocycles. The number of hydrogen-bond acceptors (Lipinski definition) is 5. The van der Waals surface area contributed by atoms with Gasteiger partial charge >= 0.3 is 0 Å². The highest BCUT2D eigenvalue weighted by molar-refractivity contribution is 7.91. The van der Waals surface area contributed by atoms with E-state index < -0.39 is 9.84 Å². The first-order valence-corrected chi connectivity index (χ1v) is 8.08. The summed E-state index contributed by atoms with van der Waals surface area (Å²) in [5, 5.41) is 2.52. The van der Waals surface area contributed by atoms with Crippen molar-refractivity contribution in [3.8, 4) is 0 Å². The molecule has 0 spiro atoms. The number of alkyl halides is 1. The van der Waals surface area contributed by atoms with E-state index in [-0.39, 0.29) is 16.7 Å². The van der Waals surface area contributed by atoms with Gasteiger partial charge in [-0.1, -0.05) is 6.92 Å². The molecule has 0 N–H and O–H groups in total. The van der Waals surface area contributed by atoms with Crippen molar-refractivity contribution in [3.05, 3.63) is 17.8 Å². The zero-order valence-electron chi connectivity index (χ0n) is 9.13. The fraction of sp³-hybridized carbons (Fsp3) is 0.400. The highest BCUT2D eigenvalue weighted by atomic mass is 35.5. The molecular weight excluding hydrogens is 280 g/mol. The molecule has 0 radical (unpaired) electrons. The fourth-order valence-electron chi connectivity index (χ4n) is 1.51. The Balaban J connectivity index is 2.49. The Hall–Kier alpha value is -0.720. The number of halogens is 1. The molecule has 0 aromatic carbocycles. The van der Waals surface area contributed by atoms with Crippen LogP contribution in [0.4, 0.5) is 0 Å². The topological polar surface area (TPSA) is 59.9 Å². The minimum atomic E-state index is -3.40. The lowest BCUT2D eigenvalue weighted by Crippen LogP contribution is -2.16. The number of thiophene rings is 1. The van der Waals surface area contributed by atoms with Gasteiger partial charge < -0.3 is 0 Å². The van der Waals surface area contributed by atoms with Crippen LogP contribution in [0.3, 0.4) is 0 Å². The Bertz CT molecular complexity index is 624. The first-order valence-electron chi connectivity index (χ1n) is 5.01. The predicted octanol–water partition coefficient (Wildman–Crippen LogP) is 2.34. The number of fused-ring (bicyclic) bond motifs is 1. The lowest BCUT2D eigenvalue weighted by molar-refractivity contribution is 0.580. The minimum Gasteiger partial charge on any atom is -0.225 e. The molecular formula is C10H11ClN2O2S2. The summed E-state index contributed by atoms with van der Waals surface area (Å²) in [7, 11) is -3.40. The molecule has 0 saturated heterocycles. The molecule has 0 aliphatic rings. The molecule has 1 unspecified atom stereocenters. The van der Waals surface area contributed by atoms with Gasteiger partial charge in [0.1, 0.15) is 11.2 Å². The van der Waals surface area contributed by atoms with E-state index in [1.165, 1.54) is 17.7 Å². The fourth-order valence-corrected chi connectivity index (χ4v) is 4.28. The number of aromatic nitrogens is 2. The van der Waals surface area contributed by atoms with Gasteiger partial charge in [0.15, 0.2) is 14.9 Å². The molecule has 2 aromatic rings.